The Kier molecular flexibility index (Phi) is 5.45. The minimum Gasteiger partial charge on any atom is -0.246 e. The normalized spacial score (nSPS) is 11.2. The minimum atomic E-state index is 0.802. The highest BCUT2D eigenvalue weighted by atomic mass is 14.8. The highest BCUT2D eigenvalue weighted by Crippen LogP contribution is 2.33. The topological polar surface area (TPSA) is 38.7 Å². The number of nitrogens with zero attached hydrogens (tertiary/aromatic N) is 3. The van der Waals surface area contributed by atoms with Gasteiger partial charge in [0.25, 0.3) is 0 Å². The lowest BCUT2D eigenvalue weighted by Gasteiger charge is -2.11. The van der Waals surface area contributed by atoms with E-state index in [0.29, 0.717) is 0 Å². The van der Waals surface area contributed by atoms with Crippen molar-refractivity contribution in [3.8, 4) is 44.9 Å². The Labute approximate surface area is 221 Å². The fraction of sp³-hybridized carbons (Fsp3) is 0. The molecule has 0 radical (unpaired) electrons. The van der Waals surface area contributed by atoms with E-state index in [-0.39, 0.29) is 0 Å². The SMILES string of the molecule is c1ccc(-c2ccc(-c3cc(-c4ccc5cc6ccccc6cc5c4)cc(-c4ccncn4)n3)cc2)cc1. The fourth-order valence-electron chi connectivity index (χ4n) is 5.00. The van der Waals surface area contributed by atoms with Gasteiger partial charge >= 0.3 is 0 Å². The summed E-state index contributed by atoms with van der Waals surface area (Å²) in [5.74, 6) is 0. The molecule has 0 aliphatic heterocycles. The molecule has 2 heterocycles. The van der Waals surface area contributed by atoms with Crippen molar-refractivity contribution in [1.82, 2.24) is 15.0 Å². The molecule has 38 heavy (non-hydrogen) atoms. The van der Waals surface area contributed by atoms with Gasteiger partial charge in [-0.05, 0) is 80.2 Å². The smallest absolute Gasteiger partial charge is 0.116 e. The number of aromatic nitrogens is 3. The van der Waals surface area contributed by atoms with Gasteiger partial charge < -0.3 is 0 Å². The van der Waals surface area contributed by atoms with Crippen molar-refractivity contribution < 1.29 is 0 Å². The molecule has 3 heteroatoms. The molecule has 0 saturated heterocycles. The third kappa shape index (κ3) is 4.21. The van der Waals surface area contributed by atoms with Crippen LogP contribution in [0.3, 0.4) is 0 Å². The Bertz CT molecular complexity index is 1890. The maximum absolute atomic E-state index is 5.01. The Hall–Kier alpha value is -5.15. The van der Waals surface area contributed by atoms with Crippen LogP contribution in [0.5, 0.6) is 0 Å². The molecule has 0 aliphatic rings. The van der Waals surface area contributed by atoms with Crippen molar-refractivity contribution >= 4 is 21.5 Å². The molecular weight excluding hydrogens is 462 g/mol. The second-order valence-corrected chi connectivity index (χ2v) is 9.43. The van der Waals surface area contributed by atoms with Crippen molar-refractivity contribution in [2.24, 2.45) is 0 Å². The lowest BCUT2D eigenvalue weighted by atomic mass is 9.96. The van der Waals surface area contributed by atoms with Gasteiger partial charge in [0.05, 0.1) is 17.1 Å². The third-order valence-electron chi connectivity index (χ3n) is 7.00. The monoisotopic (exact) mass is 485 g/mol. The van der Waals surface area contributed by atoms with Gasteiger partial charge in [0.15, 0.2) is 0 Å². The number of hydrogen-bond donors (Lipinski definition) is 0. The summed E-state index contributed by atoms with van der Waals surface area (Å²) in [5, 5.41) is 4.95. The molecule has 0 aliphatic carbocycles. The Morgan fingerprint density at radius 3 is 1.76 bits per heavy atom. The summed E-state index contributed by atoms with van der Waals surface area (Å²) in [6.45, 7) is 0. The molecule has 0 bridgehead atoms. The summed E-state index contributed by atoms with van der Waals surface area (Å²) in [4.78, 5) is 13.6. The second kappa shape index (κ2) is 9.38. The highest BCUT2D eigenvalue weighted by Gasteiger charge is 2.11. The van der Waals surface area contributed by atoms with E-state index in [1.807, 2.05) is 12.1 Å². The Morgan fingerprint density at radius 1 is 0.368 bits per heavy atom. The number of rotatable bonds is 4. The van der Waals surface area contributed by atoms with Crippen molar-refractivity contribution in [3.63, 3.8) is 0 Å². The van der Waals surface area contributed by atoms with E-state index in [1.165, 1.54) is 32.7 Å². The van der Waals surface area contributed by atoms with Crippen LogP contribution in [0, 0.1) is 0 Å². The van der Waals surface area contributed by atoms with Gasteiger partial charge in [-0.15, -0.1) is 0 Å². The first-order chi connectivity index (χ1) is 18.8. The van der Waals surface area contributed by atoms with E-state index in [0.717, 1.165) is 33.8 Å². The van der Waals surface area contributed by atoms with E-state index in [4.69, 9.17) is 4.98 Å². The van der Waals surface area contributed by atoms with Crippen LogP contribution in [0.1, 0.15) is 0 Å². The first-order valence-corrected chi connectivity index (χ1v) is 12.7. The van der Waals surface area contributed by atoms with Gasteiger partial charge in [0.1, 0.15) is 6.33 Å². The number of hydrogen-bond acceptors (Lipinski definition) is 3. The molecule has 0 spiro atoms. The molecule has 7 rings (SSSR count). The lowest BCUT2D eigenvalue weighted by molar-refractivity contribution is 1.15. The van der Waals surface area contributed by atoms with Crippen LogP contribution >= 0.6 is 0 Å². The van der Waals surface area contributed by atoms with Gasteiger partial charge in [-0.3, -0.25) is 0 Å². The van der Waals surface area contributed by atoms with Crippen LogP contribution in [0.15, 0.2) is 140 Å². The molecule has 2 aromatic heterocycles. The molecule has 0 unspecified atom stereocenters. The maximum Gasteiger partial charge on any atom is 0.116 e. The molecule has 0 fully saturated rings. The van der Waals surface area contributed by atoms with Gasteiger partial charge in [-0.1, -0.05) is 91.0 Å². The van der Waals surface area contributed by atoms with Crippen LogP contribution in [-0.2, 0) is 0 Å². The van der Waals surface area contributed by atoms with Crippen molar-refractivity contribution in [2.75, 3.05) is 0 Å². The summed E-state index contributed by atoms with van der Waals surface area (Å²) in [7, 11) is 0. The largest absolute Gasteiger partial charge is 0.246 e. The van der Waals surface area contributed by atoms with Crippen LogP contribution in [0.25, 0.3) is 66.4 Å². The van der Waals surface area contributed by atoms with Crippen LogP contribution < -0.4 is 0 Å². The van der Waals surface area contributed by atoms with E-state index in [2.05, 4.69) is 125 Å². The molecule has 178 valence electrons. The molecule has 5 aromatic carbocycles. The van der Waals surface area contributed by atoms with Crippen LogP contribution in [0.4, 0.5) is 0 Å². The van der Waals surface area contributed by atoms with Gasteiger partial charge in [-0.2, -0.15) is 0 Å². The molecular formula is C35H23N3. The lowest BCUT2D eigenvalue weighted by Crippen LogP contribution is -1.93. The second-order valence-electron chi connectivity index (χ2n) is 9.43. The zero-order valence-corrected chi connectivity index (χ0v) is 20.6. The Balaban J connectivity index is 1.36. The number of fused-ring (bicyclic) bond motifs is 2. The summed E-state index contributed by atoms with van der Waals surface area (Å²) in [5.41, 5.74) is 8.23. The van der Waals surface area contributed by atoms with Crippen molar-refractivity contribution in [2.45, 2.75) is 0 Å². The maximum atomic E-state index is 5.01. The summed E-state index contributed by atoms with van der Waals surface area (Å²) >= 11 is 0. The Morgan fingerprint density at radius 2 is 1.00 bits per heavy atom. The van der Waals surface area contributed by atoms with Crippen molar-refractivity contribution in [1.29, 1.82) is 0 Å². The standard InChI is InChI=1S/C35H23N3/c1-2-6-24(7-3-1)25-10-12-26(13-11-25)34-21-32(22-35(38-34)33-16-17-36-23-37-33)30-15-14-29-18-27-8-4-5-9-28(27)19-31(29)20-30/h1-23H. The van der Waals surface area contributed by atoms with E-state index >= 15 is 0 Å². The summed E-state index contributed by atoms with van der Waals surface area (Å²) in [6.07, 6.45) is 3.32. The fourth-order valence-corrected chi connectivity index (χ4v) is 5.00. The molecule has 0 atom stereocenters. The quantitative estimate of drug-likeness (QED) is 0.234. The average Bonchev–Trinajstić information content (AvgIpc) is 3.00. The molecule has 3 nitrogen and oxygen atoms in total. The number of pyridine rings is 1. The molecule has 0 N–H and O–H groups in total. The number of benzene rings is 5. The molecule has 7 aromatic rings. The average molecular weight is 486 g/mol. The van der Waals surface area contributed by atoms with Crippen LogP contribution in [-0.4, -0.2) is 15.0 Å². The first-order valence-electron chi connectivity index (χ1n) is 12.7. The summed E-state index contributed by atoms with van der Waals surface area (Å²) < 4.78 is 0. The molecule has 0 amide bonds. The van der Waals surface area contributed by atoms with Gasteiger partial charge in [0.2, 0.25) is 0 Å². The molecule has 0 saturated carbocycles. The predicted octanol–water partition coefficient (Wildman–Crippen LogP) is 8.85. The highest BCUT2D eigenvalue weighted by molar-refractivity contribution is 5.99. The van der Waals surface area contributed by atoms with E-state index in [1.54, 1.807) is 12.5 Å². The predicted molar refractivity (Wildman–Crippen MR) is 157 cm³/mol. The first kappa shape index (κ1) is 22.1. The van der Waals surface area contributed by atoms with Gasteiger partial charge in [-0.25, -0.2) is 15.0 Å². The van der Waals surface area contributed by atoms with E-state index < -0.39 is 0 Å². The van der Waals surface area contributed by atoms with Crippen molar-refractivity contribution in [3.05, 3.63) is 140 Å². The zero-order valence-electron chi connectivity index (χ0n) is 20.6. The third-order valence-corrected chi connectivity index (χ3v) is 7.00. The summed E-state index contributed by atoms with van der Waals surface area (Å²) in [6, 6.07) is 44.9. The van der Waals surface area contributed by atoms with Gasteiger partial charge in [0, 0.05) is 11.8 Å². The zero-order chi connectivity index (χ0) is 25.3. The van der Waals surface area contributed by atoms with Crippen LogP contribution in [0.2, 0.25) is 0 Å². The minimum absolute atomic E-state index is 0.802. The van der Waals surface area contributed by atoms with E-state index in [9.17, 15) is 0 Å².